The molecule has 0 unspecified atom stereocenters. The summed E-state index contributed by atoms with van der Waals surface area (Å²) in [5.74, 6) is 1.30. The van der Waals surface area contributed by atoms with E-state index >= 15 is 0 Å². The third-order valence-corrected chi connectivity index (χ3v) is 2.42. The zero-order valence-electron chi connectivity index (χ0n) is 7.29. The van der Waals surface area contributed by atoms with Crippen LogP contribution < -0.4 is 0 Å². The van der Waals surface area contributed by atoms with Crippen molar-refractivity contribution in [2.24, 2.45) is 0 Å². The summed E-state index contributed by atoms with van der Waals surface area (Å²) in [6.07, 6.45) is 1.65. The maximum absolute atomic E-state index is 5.95. The van der Waals surface area contributed by atoms with Crippen LogP contribution in [-0.2, 0) is 0 Å². The fraction of sp³-hybridized carbons (Fsp3) is 0.111. The first-order chi connectivity index (χ1) is 6.66. The molecule has 0 saturated heterocycles. The molecule has 0 atom stereocenters. The standard InChI is InChI=1S/C9H6BrClN2O/c1-5-12-4-6(9(11)13-5)7-2-3-8(10)14-7/h2-4H,1H3. The van der Waals surface area contributed by atoms with Gasteiger partial charge in [-0.05, 0) is 35.0 Å². The normalized spacial score (nSPS) is 10.5. The van der Waals surface area contributed by atoms with Crippen molar-refractivity contribution >= 4 is 27.5 Å². The van der Waals surface area contributed by atoms with Gasteiger partial charge in [0.1, 0.15) is 16.7 Å². The maximum atomic E-state index is 5.95. The van der Waals surface area contributed by atoms with E-state index in [1.165, 1.54) is 0 Å². The Morgan fingerprint density at radius 1 is 1.43 bits per heavy atom. The molecule has 2 aromatic heterocycles. The summed E-state index contributed by atoms with van der Waals surface area (Å²) >= 11 is 9.16. The van der Waals surface area contributed by atoms with Gasteiger partial charge in [-0.1, -0.05) is 11.6 Å². The van der Waals surface area contributed by atoms with Gasteiger partial charge in [0.05, 0.1) is 5.56 Å². The first-order valence-corrected chi connectivity index (χ1v) is 5.09. The Kier molecular flexibility index (Phi) is 2.56. The molecular weight excluding hydrogens is 267 g/mol. The number of aromatic nitrogens is 2. The monoisotopic (exact) mass is 272 g/mol. The second-order valence-electron chi connectivity index (χ2n) is 2.73. The van der Waals surface area contributed by atoms with Crippen LogP contribution in [0.1, 0.15) is 5.82 Å². The van der Waals surface area contributed by atoms with Crippen molar-refractivity contribution in [1.29, 1.82) is 0 Å². The first-order valence-electron chi connectivity index (χ1n) is 3.91. The summed E-state index contributed by atoms with van der Waals surface area (Å²) in [6, 6.07) is 3.61. The van der Waals surface area contributed by atoms with Gasteiger partial charge in [-0.15, -0.1) is 0 Å². The van der Waals surface area contributed by atoms with E-state index in [-0.39, 0.29) is 0 Å². The molecule has 14 heavy (non-hydrogen) atoms. The highest BCUT2D eigenvalue weighted by Gasteiger charge is 2.09. The second kappa shape index (κ2) is 3.71. The topological polar surface area (TPSA) is 38.9 Å². The van der Waals surface area contributed by atoms with Crippen molar-refractivity contribution in [3.05, 3.63) is 34.0 Å². The number of rotatable bonds is 1. The predicted molar refractivity (Wildman–Crippen MR) is 57.2 cm³/mol. The first kappa shape index (κ1) is 9.68. The summed E-state index contributed by atoms with van der Waals surface area (Å²) in [4.78, 5) is 8.09. The lowest BCUT2D eigenvalue weighted by Gasteiger charge is -1.99. The molecule has 2 rings (SSSR count). The average Bonchev–Trinajstić information content (AvgIpc) is 2.51. The van der Waals surface area contributed by atoms with Crippen molar-refractivity contribution in [3.8, 4) is 11.3 Å². The minimum absolute atomic E-state index is 0.402. The number of halogens is 2. The average molecular weight is 274 g/mol. The number of furan rings is 1. The van der Waals surface area contributed by atoms with Gasteiger partial charge in [-0.2, -0.15) is 0 Å². The molecule has 0 aliphatic carbocycles. The number of hydrogen-bond donors (Lipinski definition) is 0. The van der Waals surface area contributed by atoms with Crippen LogP contribution in [0.3, 0.4) is 0 Å². The molecule has 2 aromatic rings. The zero-order valence-corrected chi connectivity index (χ0v) is 9.63. The molecule has 0 amide bonds. The molecular formula is C9H6BrClN2O. The number of aryl methyl sites for hydroxylation is 1. The SMILES string of the molecule is Cc1ncc(-c2ccc(Br)o2)c(Cl)n1. The van der Waals surface area contributed by atoms with Gasteiger partial charge in [-0.3, -0.25) is 0 Å². The molecule has 2 heterocycles. The van der Waals surface area contributed by atoms with Gasteiger partial charge in [0.15, 0.2) is 4.67 Å². The van der Waals surface area contributed by atoms with Gasteiger partial charge >= 0.3 is 0 Å². The Bertz CT molecular complexity index is 470. The number of nitrogens with zero attached hydrogens (tertiary/aromatic N) is 2. The Labute approximate surface area is 94.3 Å². The molecule has 0 bridgehead atoms. The van der Waals surface area contributed by atoms with Crippen LogP contribution in [0.5, 0.6) is 0 Å². The van der Waals surface area contributed by atoms with Crippen LogP contribution in [0.15, 0.2) is 27.4 Å². The van der Waals surface area contributed by atoms with Crippen LogP contribution in [0.4, 0.5) is 0 Å². The summed E-state index contributed by atoms with van der Waals surface area (Å²) < 4.78 is 6.00. The zero-order chi connectivity index (χ0) is 10.1. The van der Waals surface area contributed by atoms with Crippen molar-refractivity contribution in [2.45, 2.75) is 6.92 Å². The van der Waals surface area contributed by atoms with Crippen molar-refractivity contribution < 1.29 is 4.42 Å². The van der Waals surface area contributed by atoms with Crippen LogP contribution in [0, 0.1) is 6.92 Å². The molecule has 0 aliphatic rings. The third-order valence-electron chi connectivity index (χ3n) is 1.70. The Morgan fingerprint density at radius 3 is 2.79 bits per heavy atom. The summed E-state index contributed by atoms with van der Waals surface area (Å²) in [5, 5.41) is 0.402. The van der Waals surface area contributed by atoms with E-state index in [9.17, 15) is 0 Å². The maximum Gasteiger partial charge on any atom is 0.169 e. The molecule has 0 N–H and O–H groups in total. The smallest absolute Gasteiger partial charge is 0.169 e. The molecule has 0 aromatic carbocycles. The van der Waals surface area contributed by atoms with E-state index in [0.717, 1.165) is 0 Å². The highest BCUT2D eigenvalue weighted by atomic mass is 79.9. The molecule has 0 fully saturated rings. The minimum Gasteiger partial charge on any atom is -0.449 e. The molecule has 0 aliphatic heterocycles. The van der Waals surface area contributed by atoms with Gasteiger partial charge in [-0.25, -0.2) is 9.97 Å². The molecule has 72 valence electrons. The molecule has 3 nitrogen and oxygen atoms in total. The molecule has 0 saturated carbocycles. The van der Waals surface area contributed by atoms with Crippen LogP contribution in [0.25, 0.3) is 11.3 Å². The van der Waals surface area contributed by atoms with E-state index in [2.05, 4.69) is 25.9 Å². The van der Waals surface area contributed by atoms with E-state index in [4.69, 9.17) is 16.0 Å². The Balaban J connectivity index is 2.52. The summed E-state index contributed by atoms with van der Waals surface area (Å²) in [5.41, 5.74) is 0.697. The van der Waals surface area contributed by atoms with Crippen molar-refractivity contribution in [3.63, 3.8) is 0 Å². The van der Waals surface area contributed by atoms with E-state index in [1.54, 1.807) is 19.2 Å². The van der Waals surface area contributed by atoms with Crippen molar-refractivity contribution in [1.82, 2.24) is 9.97 Å². The van der Waals surface area contributed by atoms with Gasteiger partial charge < -0.3 is 4.42 Å². The van der Waals surface area contributed by atoms with Gasteiger partial charge in [0, 0.05) is 6.20 Å². The fourth-order valence-corrected chi connectivity index (χ4v) is 1.64. The lowest BCUT2D eigenvalue weighted by atomic mass is 10.3. The molecule has 0 radical (unpaired) electrons. The van der Waals surface area contributed by atoms with Gasteiger partial charge in [0.2, 0.25) is 0 Å². The van der Waals surface area contributed by atoms with E-state index in [0.29, 0.717) is 27.0 Å². The predicted octanol–water partition coefficient (Wildman–Crippen LogP) is 3.46. The summed E-state index contributed by atoms with van der Waals surface area (Å²) in [7, 11) is 0. The molecule has 0 spiro atoms. The minimum atomic E-state index is 0.402. The van der Waals surface area contributed by atoms with Gasteiger partial charge in [0.25, 0.3) is 0 Å². The Hall–Kier alpha value is -0.870. The highest BCUT2D eigenvalue weighted by molar-refractivity contribution is 9.10. The highest BCUT2D eigenvalue weighted by Crippen LogP contribution is 2.28. The lowest BCUT2D eigenvalue weighted by molar-refractivity contribution is 0.555. The second-order valence-corrected chi connectivity index (χ2v) is 3.87. The summed E-state index contributed by atoms with van der Waals surface area (Å²) in [6.45, 7) is 1.79. The van der Waals surface area contributed by atoms with E-state index in [1.807, 2.05) is 6.07 Å². The number of hydrogen-bond acceptors (Lipinski definition) is 3. The van der Waals surface area contributed by atoms with E-state index < -0.39 is 0 Å². The van der Waals surface area contributed by atoms with Crippen LogP contribution in [-0.4, -0.2) is 9.97 Å². The Morgan fingerprint density at radius 2 is 2.21 bits per heavy atom. The fourth-order valence-electron chi connectivity index (χ4n) is 1.07. The van der Waals surface area contributed by atoms with Crippen LogP contribution in [0.2, 0.25) is 5.15 Å². The quantitative estimate of drug-likeness (QED) is 0.747. The van der Waals surface area contributed by atoms with Crippen molar-refractivity contribution in [2.75, 3.05) is 0 Å². The lowest BCUT2D eigenvalue weighted by Crippen LogP contribution is -1.89. The largest absolute Gasteiger partial charge is 0.449 e. The molecule has 5 heteroatoms. The van der Waals surface area contributed by atoms with Crippen LogP contribution >= 0.6 is 27.5 Å². The third kappa shape index (κ3) is 1.81.